The van der Waals surface area contributed by atoms with Gasteiger partial charge in [-0.05, 0) is 19.3 Å². The number of carboxylic acids is 1. The maximum Gasteiger partial charge on any atom is 0.319 e. The van der Waals surface area contributed by atoms with E-state index in [1.165, 1.54) is 4.90 Å². The Balaban J connectivity index is 2.12. The molecular formula is C14H22N2O5. The van der Waals surface area contributed by atoms with E-state index < -0.39 is 23.3 Å². The van der Waals surface area contributed by atoms with Gasteiger partial charge >= 0.3 is 5.97 Å². The van der Waals surface area contributed by atoms with E-state index >= 15 is 0 Å². The number of nitrogens with one attached hydrogen (secondary N) is 1. The second-order valence-electron chi connectivity index (χ2n) is 5.62. The van der Waals surface area contributed by atoms with Gasteiger partial charge in [-0.15, -0.1) is 0 Å². The monoisotopic (exact) mass is 298 g/mol. The molecule has 0 aromatic heterocycles. The number of nitrogens with zero attached hydrogens (tertiary/aromatic N) is 1. The van der Waals surface area contributed by atoms with Gasteiger partial charge in [0.1, 0.15) is 11.5 Å². The Labute approximate surface area is 123 Å². The van der Waals surface area contributed by atoms with Gasteiger partial charge < -0.3 is 20.1 Å². The second kappa shape index (κ2) is 6.43. The van der Waals surface area contributed by atoms with Gasteiger partial charge in [0.2, 0.25) is 11.8 Å². The van der Waals surface area contributed by atoms with E-state index in [1.807, 2.05) is 6.92 Å². The first-order chi connectivity index (χ1) is 10.0. The third-order valence-electron chi connectivity index (χ3n) is 4.27. The highest BCUT2D eigenvalue weighted by molar-refractivity contribution is 6.04. The summed E-state index contributed by atoms with van der Waals surface area (Å²) in [7, 11) is 0. The molecule has 0 aromatic rings. The molecule has 21 heavy (non-hydrogen) atoms. The molecule has 118 valence electrons. The third-order valence-corrected chi connectivity index (χ3v) is 4.27. The Morgan fingerprint density at radius 1 is 1.38 bits per heavy atom. The number of amides is 2. The number of carbonyl (C=O) groups is 3. The minimum Gasteiger partial charge on any atom is -0.480 e. The van der Waals surface area contributed by atoms with Crippen molar-refractivity contribution < 1.29 is 24.2 Å². The fourth-order valence-electron chi connectivity index (χ4n) is 2.75. The number of hydrogen-bond donors (Lipinski definition) is 2. The largest absolute Gasteiger partial charge is 0.480 e. The average Bonchev–Trinajstić information content (AvgIpc) is 2.43. The normalized spacial score (nSPS) is 24.0. The molecule has 2 aliphatic rings. The number of rotatable bonds is 5. The first-order valence-corrected chi connectivity index (χ1v) is 7.43. The summed E-state index contributed by atoms with van der Waals surface area (Å²) in [4.78, 5) is 37.6. The highest BCUT2D eigenvalue weighted by Gasteiger charge is 2.54. The Hall–Kier alpha value is -1.63. The van der Waals surface area contributed by atoms with Crippen LogP contribution in [0.1, 0.15) is 32.6 Å². The number of carboxylic acid groups (broad SMARTS) is 1. The molecule has 1 saturated carbocycles. The van der Waals surface area contributed by atoms with E-state index in [2.05, 4.69) is 5.32 Å². The van der Waals surface area contributed by atoms with Crippen molar-refractivity contribution in [2.24, 2.45) is 5.41 Å². The SMILES string of the molecule is CCCNC(=O)C1COCCN1C(=O)C1(C(=O)O)CCC1. The van der Waals surface area contributed by atoms with Gasteiger partial charge in [0.25, 0.3) is 0 Å². The summed E-state index contributed by atoms with van der Waals surface area (Å²) in [6, 6.07) is -0.727. The zero-order valence-corrected chi connectivity index (χ0v) is 12.3. The van der Waals surface area contributed by atoms with Crippen LogP contribution in [0, 0.1) is 5.41 Å². The Morgan fingerprint density at radius 2 is 2.10 bits per heavy atom. The smallest absolute Gasteiger partial charge is 0.319 e. The summed E-state index contributed by atoms with van der Waals surface area (Å²) in [6.45, 7) is 3.18. The number of carbonyl (C=O) groups excluding carboxylic acids is 2. The Bertz CT molecular complexity index is 433. The molecule has 2 rings (SSSR count). The molecule has 0 radical (unpaired) electrons. The molecule has 1 heterocycles. The predicted octanol–water partition coefficient (Wildman–Crippen LogP) is -0.00510. The lowest BCUT2D eigenvalue weighted by molar-refractivity contribution is -0.173. The molecular weight excluding hydrogens is 276 g/mol. The summed E-state index contributed by atoms with van der Waals surface area (Å²) >= 11 is 0. The van der Waals surface area contributed by atoms with Gasteiger partial charge in [-0.25, -0.2) is 0 Å². The van der Waals surface area contributed by atoms with Gasteiger partial charge in [0, 0.05) is 13.1 Å². The van der Waals surface area contributed by atoms with Crippen molar-refractivity contribution in [3.05, 3.63) is 0 Å². The van der Waals surface area contributed by atoms with Crippen molar-refractivity contribution in [2.75, 3.05) is 26.3 Å². The molecule has 7 heteroatoms. The third kappa shape index (κ3) is 2.88. The average molecular weight is 298 g/mol. The van der Waals surface area contributed by atoms with Crippen LogP contribution < -0.4 is 5.32 Å². The molecule has 0 spiro atoms. The van der Waals surface area contributed by atoms with Gasteiger partial charge in [-0.1, -0.05) is 13.3 Å². The first-order valence-electron chi connectivity index (χ1n) is 7.43. The van der Waals surface area contributed by atoms with Gasteiger partial charge in [-0.2, -0.15) is 0 Å². The number of morpholine rings is 1. The van der Waals surface area contributed by atoms with Crippen LogP contribution in [-0.2, 0) is 19.1 Å². The van der Waals surface area contributed by atoms with Crippen molar-refractivity contribution in [3.8, 4) is 0 Å². The Kier molecular flexibility index (Phi) is 4.82. The molecule has 1 aliphatic carbocycles. The molecule has 0 bridgehead atoms. The van der Waals surface area contributed by atoms with Gasteiger partial charge in [0.15, 0.2) is 0 Å². The van der Waals surface area contributed by atoms with E-state index in [4.69, 9.17) is 4.74 Å². The molecule has 1 atom stereocenters. The van der Waals surface area contributed by atoms with Gasteiger partial charge in [0.05, 0.1) is 13.2 Å². The van der Waals surface area contributed by atoms with Crippen LogP contribution in [0.5, 0.6) is 0 Å². The summed E-state index contributed by atoms with van der Waals surface area (Å²) in [6.07, 6.45) is 2.23. The molecule has 7 nitrogen and oxygen atoms in total. The Morgan fingerprint density at radius 3 is 2.62 bits per heavy atom. The molecule has 1 unspecified atom stereocenters. The number of hydrogen-bond acceptors (Lipinski definition) is 4. The van der Waals surface area contributed by atoms with Crippen LogP contribution in [0.4, 0.5) is 0 Å². The fourth-order valence-corrected chi connectivity index (χ4v) is 2.75. The highest BCUT2D eigenvalue weighted by Crippen LogP contribution is 2.43. The first kappa shape index (κ1) is 15.8. The van der Waals surface area contributed by atoms with E-state index in [1.54, 1.807) is 0 Å². The molecule has 2 amide bonds. The van der Waals surface area contributed by atoms with Crippen LogP contribution in [-0.4, -0.2) is 60.1 Å². The molecule has 0 aromatic carbocycles. The van der Waals surface area contributed by atoms with Crippen molar-refractivity contribution >= 4 is 17.8 Å². The fraction of sp³-hybridized carbons (Fsp3) is 0.786. The topological polar surface area (TPSA) is 95.9 Å². The maximum absolute atomic E-state index is 12.6. The quantitative estimate of drug-likeness (QED) is 0.696. The second-order valence-corrected chi connectivity index (χ2v) is 5.62. The zero-order valence-electron chi connectivity index (χ0n) is 12.3. The van der Waals surface area contributed by atoms with Crippen LogP contribution in [0.15, 0.2) is 0 Å². The lowest BCUT2D eigenvalue weighted by Gasteiger charge is -2.43. The summed E-state index contributed by atoms with van der Waals surface area (Å²) in [5.41, 5.74) is -1.33. The summed E-state index contributed by atoms with van der Waals surface area (Å²) < 4.78 is 5.29. The summed E-state index contributed by atoms with van der Waals surface area (Å²) in [5, 5.41) is 12.1. The van der Waals surface area contributed by atoms with Crippen molar-refractivity contribution in [1.29, 1.82) is 0 Å². The molecule has 2 fully saturated rings. The minimum atomic E-state index is -1.33. The number of aliphatic carboxylic acids is 1. The van der Waals surface area contributed by atoms with E-state index in [0.29, 0.717) is 26.0 Å². The summed E-state index contributed by atoms with van der Waals surface area (Å²) in [5.74, 6) is -1.80. The standard InChI is InChI=1S/C14H22N2O5/c1-2-6-15-11(17)10-9-21-8-7-16(10)12(18)14(13(19)20)4-3-5-14/h10H,2-9H2,1H3,(H,15,17)(H,19,20). The molecule has 1 aliphatic heterocycles. The predicted molar refractivity (Wildman–Crippen MR) is 73.5 cm³/mol. The maximum atomic E-state index is 12.6. The van der Waals surface area contributed by atoms with Gasteiger partial charge in [-0.3, -0.25) is 14.4 Å². The minimum absolute atomic E-state index is 0.122. The lowest BCUT2D eigenvalue weighted by atomic mass is 9.67. The lowest BCUT2D eigenvalue weighted by Crippen LogP contribution is -2.62. The molecule has 1 saturated heterocycles. The van der Waals surface area contributed by atoms with E-state index in [9.17, 15) is 19.5 Å². The van der Waals surface area contributed by atoms with Crippen molar-refractivity contribution in [1.82, 2.24) is 10.2 Å². The van der Waals surface area contributed by atoms with Crippen LogP contribution in [0.3, 0.4) is 0 Å². The van der Waals surface area contributed by atoms with E-state index in [-0.39, 0.29) is 19.1 Å². The van der Waals surface area contributed by atoms with Crippen molar-refractivity contribution in [2.45, 2.75) is 38.6 Å². The van der Waals surface area contributed by atoms with E-state index in [0.717, 1.165) is 12.8 Å². The van der Waals surface area contributed by atoms with Crippen LogP contribution >= 0.6 is 0 Å². The van der Waals surface area contributed by atoms with Crippen LogP contribution in [0.25, 0.3) is 0 Å². The number of ether oxygens (including phenoxy) is 1. The van der Waals surface area contributed by atoms with Crippen LogP contribution in [0.2, 0.25) is 0 Å². The van der Waals surface area contributed by atoms with Crippen molar-refractivity contribution in [3.63, 3.8) is 0 Å². The molecule has 2 N–H and O–H groups in total. The zero-order chi connectivity index (χ0) is 15.5. The highest BCUT2D eigenvalue weighted by atomic mass is 16.5.